The lowest BCUT2D eigenvalue weighted by atomic mass is 9.98. The van der Waals surface area contributed by atoms with Gasteiger partial charge in [0, 0.05) is 19.3 Å². The van der Waals surface area contributed by atoms with E-state index in [1.807, 2.05) is 4.90 Å². The fraction of sp³-hybridized carbons (Fsp3) is 0.714. The van der Waals surface area contributed by atoms with Crippen molar-refractivity contribution in [1.29, 1.82) is 0 Å². The van der Waals surface area contributed by atoms with Gasteiger partial charge >= 0.3 is 6.18 Å². The Hall–Kier alpha value is -1.37. The van der Waals surface area contributed by atoms with Gasteiger partial charge in [0.15, 0.2) is 0 Å². The van der Waals surface area contributed by atoms with Gasteiger partial charge in [0.1, 0.15) is 5.69 Å². The molecule has 1 saturated heterocycles. The molecule has 1 fully saturated rings. The van der Waals surface area contributed by atoms with E-state index in [-0.39, 0.29) is 5.95 Å². The summed E-state index contributed by atoms with van der Waals surface area (Å²) >= 11 is 0. The van der Waals surface area contributed by atoms with Crippen molar-refractivity contribution in [3.8, 4) is 0 Å². The molecule has 0 radical (unpaired) electrons. The van der Waals surface area contributed by atoms with E-state index < -0.39 is 11.9 Å². The summed E-state index contributed by atoms with van der Waals surface area (Å²) in [5, 5.41) is 3.36. The molecule has 0 spiro atoms. The van der Waals surface area contributed by atoms with E-state index in [0.29, 0.717) is 19.0 Å². The third-order valence-corrected chi connectivity index (χ3v) is 3.59. The molecule has 1 atom stereocenters. The molecule has 0 aliphatic carbocycles. The van der Waals surface area contributed by atoms with Gasteiger partial charge in [0.2, 0.25) is 5.95 Å². The van der Waals surface area contributed by atoms with Crippen molar-refractivity contribution in [3.63, 3.8) is 0 Å². The second-order valence-corrected chi connectivity index (χ2v) is 5.40. The highest BCUT2D eigenvalue weighted by Crippen LogP contribution is 2.29. The Labute approximate surface area is 122 Å². The van der Waals surface area contributed by atoms with Gasteiger partial charge in [-0.3, -0.25) is 0 Å². The average Bonchev–Trinajstić information content (AvgIpc) is 2.47. The van der Waals surface area contributed by atoms with E-state index in [4.69, 9.17) is 0 Å². The van der Waals surface area contributed by atoms with Crippen LogP contribution < -0.4 is 10.2 Å². The first kappa shape index (κ1) is 16.0. The van der Waals surface area contributed by atoms with Crippen LogP contribution >= 0.6 is 0 Å². The second kappa shape index (κ2) is 7.06. The minimum Gasteiger partial charge on any atom is -0.340 e. The third kappa shape index (κ3) is 4.56. The highest BCUT2D eigenvalue weighted by molar-refractivity contribution is 5.31. The molecule has 1 aliphatic heterocycles. The van der Waals surface area contributed by atoms with Gasteiger partial charge in [-0.1, -0.05) is 6.92 Å². The summed E-state index contributed by atoms with van der Waals surface area (Å²) in [5.74, 6) is 0.619. The van der Waals surface area contributed by atoms with Gasteiger partial charge in [-0.25, -0.2) is 9.97 Å². The first-order valence-electron chi connectivity index (χ1n) is 7.36. The van der Waals surface area contributed by atoms with Crippen molar-refractivity contribution in [3.05, 3.63) is 18.0 Å². The summed E-state index contributed by atoms with van der Waals surface area (Å²) in [6.45, 7) is 5.39. The van der Waals surface area contributed by atoms with Gasteiger partial charge in [-0.05, 0) is 44.3 Å². The quantitative estimate of drug-likeness (QED) is 0.849. The molecule has 0 aromatic carbocycles. The number of piperidine rings is 1. The second-order valence-electron chi connectivity index (χ2n) is 5.40. The highest BCUT2D eigenvalue weighted by Gasteiger charge is 2.33. The minimum atomic E-state index is -4.42. The van der Waals surface area contributed by atoms with Gasteiger partial charge in [0.25, 0.3) is 0 Å². The first-order chi connectivity index (χ1) is 10.0. The van der Waals surface area contributed by atoms with Crippen molar-refractivity contribution in [2.45, 2.75) is 32.4 Å². The molecule has 118 valence electrons. The van der Waals surface area contributed by atoms with E-state index >= 15 is 0 Å². The van der Waals surface area contributed by atoms with Crippen LogP contribution in [0.2, 0.25) is 0 Å². The number of nitrogens with zero attached hydrogens (tertiary/aromatic N) is 3. The normalized spacial score (nSPS) is 19.8. The summed E-state index contributed by atoms with van der Waals surface area (Å²) in [4.78, 5) is 9.53. The van der Waals surface area contributed by atoms with Crippen molar-refractivity contribution in [1.82, 2.24) is 15.3 Å². The Bertz CT molecular complexity index is 450. The molecule has 21 heavy (non-hydrogen) atoms. The van der Waals surface area contributed by atoms with Crippen LogP contribution in [0.4, 0.5) is 19.1 Å². The highest BCUT2D eigenvalue weighted by atomic mass is 19.4. The van der Waals surface area contributed by atoms with E-state index in [9.17, 15) is 13.2 Å². The fourth-order valence-corrected chi connectivity index (χ4v) is 2.55. The van der Waals surface area contributed by atoms with E-state index in [0.717, 1.165) is 38.4 Å². The summed E-state index contributed by atoms with van der Waals surface area (Å²) in [6, 6.07) is 0.910. The van der Waals surface area contributed by atoms with E-state index in [1.165, 1.54) is 6.20 Å². The number of aromatic nitrogens is 2. The molecule has 4 nitrogen and oxygen atoms in total. The van der Waals surface area contributed by atoms with Crippen LogP contribution in [0.15, 0.2) is 12.3 Å². The van der Waals surface area contributed by atoms with Gasteiger partial charge in [-0.2, -0.15) is 13.2 Å². The monoisotopic (exact) mass is 302 g/mol. The van der Waals surface area contributed by atoms with Gasteiger partial charge in [-0.15, -0.1) is 0 Å². The maximum absolute atomic E-state index is 12.7. The van der Waals surface area contributed by atoms with Crippen molar-refractivity contribution in [2.24, 2.45) is 5.92 Å². The summed E-state index contributed by atoms with van der Waals surface area (Å²) in [5.41, 5.74) is -0.876. The SMILES string of the molecule is CCCNCC1CCCN(c2nccc(C(F)(F)F)n2)C1. The Morgan fingerprint density at radius 1 is 1.43 bits per heavy atom. The number of hydrogen-bond acceptors (Lipinski definition) is 4. The van der Waals surface area contributed by atoms with Crippen molar-refractivity contribution in [2.75, 3.05) is 31.1 Å². The van der Waals surface area contributed by atoms with Crippen molar-refractivity contribution >= 4 is 5.95 Å². The first-order valence-corrected chi connectivity index (χ1v) is 7.36. The molecular formula is C14H21F3N4. The number of anilines is 1. The average molecular weight is 302 g/mol. The lowest BCUT2D eigenvalue weighted by molar-refractivity contribution is -0.141. The largest absolute Gasteiger partial charge is 0.433 e. The van der Waals surface area contributed by atoms with E-state index in [1.54, 1.807) is 0 Å². The maximum atomic E-state index is 12.7. The molecule has 1 N–H and O–H groups in total. The van der Waals surface area contributed by atoms with Crippen molar-refractivity contribution < 1.29 is 13.2 Å². The molecule has 1 aliphatic rings. The number of halogens is 3. The molecule has 0 saturated carbocycles. The molecule has 0 bridgehead atoms. The van der Waals surface area contributed by atoms with E-state index in [2.05, 4.69) is 22.2 Å². The smallest absolute Gasteiger partial charge is 0.340 e. The Kier molecular flexibility index (Phi) is 5.39. The molecule has 7 heteroatoms. The van der Waals surface area contributed by atoms with Crippen LogP contribution in [0.5, 0.6) is 0 Å². The number of alkyl halides is 3. The Morgan fingerprint density at radius 3 is 2.95 bits per heavy atom. The van der Waals surface area contributed by atoms with Crippen LogP contribution in [0.25, 0.3) is 0 Å². The molecule has 0 amide bonds. The third-order valence-electron chi connectivity index (χ3n) is 3.59. The zero-order chi connectivity index (χ0) is 15.3. The molecule has 1 unspecified atom stereocenters. The van der Waals surface area contributed by atoms with Gasteiger partial charge < -0.3 is 10.2 Å². The molecule has 2 rings (SSSR count). The molecule has 2 heterocycles. The molecule has 1 aromatic heterocycles. The summed E-state index contributed by atoms with van der Waals surface area (Å²) < 4.78 is 38.1. The zero-order valence-electron chi connectivity index (χ0n) is 12.2. The topological polar surface area (TPSA) is 41.0 Å². The van der Waals surface area contributed by atoms with Crippen LogP contribution in [0, 0.1) is 5.92 Å². The summed E-state index contributed by atoms with van der Waals surface area (Å²) in [7, 11) is 0. The standard InChI is InChI=1S/C14H21F3N4/c1-2-6-18-9-11-4-3-8-21(10-11)13-19-7-5-12(20-13)14(15,16)17/h5,7,11,18H,2-4,6,8-10H2,1H3. The van der Waals surface area contributed by atoms with Crippen LogP contribution in [0.1, 0.15) is 31.9 Å². The zero-order valence-corrected chi connectivity index (χ0v) is 12.2. The molecule has 1 aromatic rings. The van der Waals surface area contributed by atoms with Crippen LogP contribution in [-0.2, 0) is 6.18 Å². The van der Waals surface area contributed by atoms with Crippen LogP contribution in [0.3, 0.4) is 0 Å². The molecular weight excluding hydrogens is 281 g/mol. The predicted octanol–water partition coefficient (Wildman–Crippen LogP) is 2.71. The predicted molar refractivity (Wildman–Crippen MR) is 75.1 cm³/mol. The summed E-state index contributed by atoms with van der Waals surface area (Å²) in [6.07, 6.45) is -0.114. The fourth-order valence-electron chi connectivity index (χ4n) is 2.55. The minimum absolute atomic E-state index is 0.185. The maximum Gasteiger partial charge on any atom is 0.433 e. The Balaban J connectivity index is 2.00. The van der Waals surface area contributed by atoms with Gasteiger partial charge in [0.05, 0.1) is 0 Å². The lowest BCUT2D eigenvalue weighted by Crippen LogP contribution is -2.40. The van der Waals surface area contributed by atoms with Crippen LogP contribution in [-0.4, -0.2) is 36.1 Å². The number of rotatable bonds is 5. The lowest BCUT2D eigenvalue weighted by Gasteiger charge is -2.33. The Morgan fingerprint density at radius 2 is 2.24 bits per heavy atom. The number of nitrogens with one attached hydrogen (secondary N) is 1. The number of hydrogen-bond donors (Lipinski definition) is 1.